The number of carboxylic acid groups (broad SMARTS) is 2. The van der Waals surface area contributed by atoms with Crippen LogP contribution in [0.5, 0.6) is 0 Å². The second kappa shape index (κ2) is 7.80. The van der Waals surface area contributed by atoms with Crippen molar-refractivity contribution in [2.45, 2.75) is 33.6 Å². The molecule has 120 valence electrons. The minimum Gasteiger partial charge on any atom is -0.481 e. The Bertz CT molecular complexity index is 603. The van der Waals surface area contributed by atoms with E-state index in [-0.39, 0.29) is 13.0 Å². The van der Waals surface area contributed by atoms with Gasteiger partial charge in [0.1, 0.15) is 11.1 Å². The highest BCUT2D eigenvalue weighted by molar-refractivity contribution is 7.16. The number of thiophene rings is 1. The van der Waals surface area contributed by atoms with Gasteiger partial charge >= 0.3 is 11.9 Å². The average molecular weight is 324 g/mol. The molecule has 0 fully saturated rings. The van der Waals surface area contributed by atoms with E-state index in [9.17, 15) is 14.9 Å². The Hall–Kier alpha value is -2.07. The summed E-state index contributed by atoms with van der Waals surface area (Å²) in [4.78, 5) is 24.6. The van der Waals surface area contributed by atoms with E-state index in [1.165, 1.54) is 11.3 Å². The van der Waals surface area contributed by atoms with Crippen molar-refractivity contribution >= 4 is 28.3 Å². The molecule has 0 spiro atoms. The predicted molar refractivity (Wildman–Crippen MR) is 84.4 cm³/mol. The van der Waals surface area contributed by atoms with Gasteiger partial charge < -0.3 is 15.1 Å². The smallest absolute Gasteiger partial charge is 0.308 e. The summed E-state index contributed by atoms with van der Waals surface area (Å²) in [5.74, 6) is -2.39. The van der Waals surface area contributed by atoms with Gasteiger partial charge in [0.25, 0.3) is 0 Å². The molecule has 0 saturated carbocycles. The Morgan fingerprint density at radius 3 is 2.50 bits per heavy atom. The number of carboxylic acids is 2. The van der Waals surface area contributed by atoms with Gasteiger partial charge in [0.15, 0.2) is 0 Å². The van der Waals surface area contributed by atoms with Gasteiger partial charge in [-0.05, 0) is 25.8 Å². The van der Waals surface area contributed by atoms with E-state index in [1.54, 1.807) is 6.92 Å². The first-order valence-electron chi connectivity index (χ1n) is 6.97. The molecule has 22 heavy (non-hydrogen) atoms. The Morgan fingerprint density at radius 2 is 2.00 bits per heavy atom. The number of hydrogen-bond donors (Lipinski definition) is 2. The topological polar surface area (TPSA) is 102 Å². The molecular formula is C15H20N2O4S. The number of nitrogens with zero attached hydrogens (tertiary/aromatic N) is 2. The van der Waals surface area contributed by atoms with E-state index in [2.05, 4.69) is 6.07 Å². The van der Waals surface area contributed by atoms with E-state index >= 15 is 0 Å². The summed E-state index contributed by atoms with van der Waals surface area (Å²) >= 11 is 1.45. The zero-order valence-electron chi connectivity index (χ0n) is 12.9. The minimum atomic E-state index is -0.910. The third-order valence-electron chi connectivity index (χ3n) is 3.50. The van der Waals surface area contributed by atoms with E-state index in [4.69, 9.17) is 10.2 Å². The van der Waals surface area contributed by atoms with Crippen molar-refractivity contribution in [3.05, 3.63) is 16.0 Å². The fraction of sp³-hybridized carbons (Fsp3) is 0.533. The van der Waals surface area contributed by atoms with Gasteiger partial charge in [-0.3, -0.25) is 9.59 Å². The molecule has 2 N–H and O–H groups in total. The number of rotatable bonds is 8. The molecule has 1 rings (SSSR count). The highest BCUT2D eigenvalue weighted by Gasteiger charge is 2.22. The fourth-order valence-electron chi connectivity index (χ4n) is 2.07. The summed E-state index contributed by atoms with van der Waals surface area (Å²) in [6, 6.07) is 2.17. The predicted octanol–water partition coefficient (Wildman–Crippen LogP) is 2.63. The maximum Gasteiger partial charge on any atom is 0.308 e. The highest BCUT2D eigenvalue weighted by atomic mass is 32.1. The second-order valence-electron chi connectivity index (χ2n) is 5.26. The third-order valence-corrected chi connectivity index (χ3v) is 4.77. The lowest BCUT2D eigenvalue weighted by Gasteiger charge is -2.25. The Labute approximate surface area is 133 Å². The van der Waals surface area contributed by atoms with Crippen LogP contribution < -0.4 is 4.90 Å². The monoisotopic (exact) mass is 324 g/mol. The zero-order chi connectivity index (χ0) is 16.9. The van der Waals surface area contributed by atoms with Crippen LogP contribution in [-0.2, 0) is 9.59 Å². The number of aryl methyl sites for hydroxylation is 1. The maximum atomic E-state index is 11.1. The number of aliphatic carboxylic acids is 2. The lowest BCUT2D eigenvalue weighted by atomic mass is 10.1. The van der Waals surface area contributed by atoms with E-state index in [0.717, 1.165) is 15.4 Å². The van der Waals surface area contributed by atoms with Gasteiger partial charge in [-0.15, -0.1) is 11.3 Å². The van der Waals surface area contributed by atoms with Crippen LogP contribution in [0.25, 0.3) is 0 Å². The molecule has 0 bridgehead atoms. The number of hydrogen-bond acceptors (Lipinski definition) is 5. The fourth-order valence-corrected chi connectivity index (χ4v) is 3.21. The van der Waals surface area contributed by atoms with Gasteiger partial charge in [-0.1, -0.05) is 6.92 Å². The van der Waals surface area contributed by atoms with Gasteiger partial charge in [0.2, 0.25) is 0 Å². The van der Waals surface area contributed by atoms with Crippen molar-refractivity contribution < 1.29 is 19.8 Å². The van der Waals surface area contributed by atoms with Crippen LogP contribution in [0.3, 0.4) is 0 Å². The van der Waals surface area contributed by atoms with Crippen molar-refractivity contribution in [2.24, 2.45) is 5.92 Å². The first-order chi connectivity index (χ1) is 10.3. The van der Waals surface area contributed by atoms with Crippen LogP contribution in [0.2, 0.25) is 0 Å². The van der Waals surface area contributed by atoms with Crippen LogP contribution in [0.4, 0.5) is 5.00 Å². The summed E-state index contributed by atoms with van der Waals surface area (Å²) in [6.07, 6.45) is 0.422. The van der Waals surface area contributed by atoms with Crippen molar-refractivity contribution in [3.8, 4) is 6.07 Å². The van der Waals surface area contributed by atoms with E-state index < -0.39 is 17.9 Å². The molecule has 0 aromatic carbocycles. The zero-order valence-corrected chi connectivity index (χ0v) is 13.7. The van der Waals surface area contributed by atoms with E-state index in [0.29, 0.717) is 18.5 Å². The standard InChI is InChI=1S/C15H20N2O4S/c1-9(15(20)21)8-17(6-4-5-13(18)19)14-12(7-16)10(2)11(3)22-14/h9H,4-6,8H2,1-3H3,(H,18,19)(H,20,21). The van der Waals surface area contributed by atoms with Crippen LogP contribution in [0.15, 0.2) is 0 Å². The maximum absolute atomic E-state index is 11.1. The van der Waals surface area contributed by atoms with Gasteiger partial charge in [0.05, 0.1) is 11.5 Å². The molecular weight excluding hydrogens is 304 g/mol. The molecule has 1 unspecified atom stereocenters. The molecule has 6 nitrogen and oxygen atoms in total. The number of carbonyl (C=O) groups is 2. The molecule has 0 saturated heterocycles. The van der Waals surface area contributed by atoms with Crippen molar-refractivity contribution in [1.29, 1.82) is 5.26 Å². The Balaban J connectivity index is 3.03. The van der Waals surface area contributed by atoms with Crippen molar-refractivity contribution in [2.75, 3.05) is 18.0 Å². The van der Waals surface area contributed by atoms with E-state index in [1.807, 2.05) is 18.7 Å². The normalized spacial score (nSPS) is 11.7. The molecule has 0 amide bonds. The molecule has 1 aromatic heterocycles. The molecule has 0 aliphatic carbocycles. The number of nitriles is 1. The van der Waals surface area contributed by atoms with Crippen molar-refractivity contribution in [1.82, 2.24) is 0 Å². The van der Waals surface area contributed by atoms with Crippen molar-refractivity contribution in [3.63, 3.8) is 0 Å². The molecule has 7 heteroatoms. The summed E-state index contributed by atoms with van der Waals surface area (Å²) in [5.41, 5.74) is 1.45. The SMILES string of the molecule is Cc1sc(N(CCCC(=O)O)CC(C)C(=O)O)c(C#N)c1C. The van der Waals surface area contributed by atoms with Crippen LogP contribution in [-0.4, -0.2) is 35.2 Å². The average Bonchev–Trinajstić information content (AvgIpc) is 2.72. The molecule has 0 aliphatic heterocycles. The molecule has 1 heterocycles. The van der Waals surface area contributed by atoms with Gasteiger partial charge in [-0.25, -0.2) is 0 Å². The summed E-state index contributed by atoms with van der Waals surface area (Å²) in [6.45, 7) is 6.05. The highest BCUT2D eigenvalue weighted by Crippen LogP contribution is 2.35. The largest absolute Gasteiger partial charge is 0.481 e. The van der Waals surface area contributed by atoms with Gasteiger partial charge in [0, 0.05) is 24.4 Å². The molecule has 1 atom stereocenters. The summed E-state index contributed by atoms with van der Waals surface area (Å²) < 4.78 is 0. The Kier molecular flexibility index (Phi) is 6.38. The minimum absolute atomic E-state index is 0.0170. The molecule has 0 radical (unpaired) electrons. The first kappa shape index (κ1) is 18.0. The quantitative estimate of drug-likeness (QED) is 0.762. The summed E-state index contributed by atoms with van der Waals surface area (Å²) in [7, 11) is 0. The van der Waals surface area contributed by atoms with Crippen LogP contribution in [0.1, 0.15) is 35.8 Å². The second-order valence-corrected chi connectivity index (χ2v) is 6.46. The lowest BCUT2D eigenvalue weighted by Crippen LogP contribution is -2.32. The van der Waals surface area contributed by atoms with Crippen LogP contribution in [0, 0.1) is 31.1 Å². The first-order valence-corrected chi connectivity index (χ1v) is 7.79. The van der Waals surface area contributed by atoms with Crippen LogP contribution >= 0.6 is 11.3 Å². The summed E-state index contributed by atoms with van der Waals surface area (Å²) in [5, 5.41) is 27.9. The molecule has 0 aliphatic rings. The molecule has 1 aromatic rings. The lowest BCUT2D eigenvalue weighted by molar-refractivity contribution is -0.141. The van der Waals surface area contributed by atoms with Gasteiger partial charge in [-0.2, -0.15) is 5.26 Å². The Morgan fingerprint density at radius 1 is 1.36 bits per heavy atom. The number of anilines is 1. The third kappa shape index (κ3) is 4.46.